The predicted molar refractivity (Wildman–Crippen MR) is 133 cm³/mol. The van der Waals surface area contributed by atoms with Crippen molar-refractivity contribution in [1.29, 1.82) is 0 Å². The number of methoxy groups -OCH3 is 1. The molecular formula is C28H35N3O4. The molecule has 4 rings (SSSR count). The molecule has 0 radical (unpaired) electrons. The van der Waals surface area contributed by atoms with Gasteiger partial charge in [0.05, 0.1) is 18.6 Å². The first-order valence-electron chi connectivity index (χ1n) is 12.5. The van der Waals surface area contributed by atoms with Gasteiger partial charge in [-0.3, -0.25) is 24.3 Å². The number of hydrogen-bond acceptors (Lipinski definition) is 5. The monoisotopic (exact) mass is 477 g/mol. The van der Waals surface area contributed by atoms with Gasteiger partial charge >= 0.3 is 0 Å². The van der Waals surface area contributed by atoms with Crippen LogP contribution in [0.3, 0.4) is 0 Å². The van der Waals surface area contributed by atoms with E-state index in [0.717, 1.165) is 31.2 Å². The molecule has 1 aromatic heterocycles. The maximum atomic E-state index is 13.9. The Balaban J connectivity index is 1.67. The topological polar surface area (TPSA) is 79.8 Å². The Bertz CT molecular complexity index is 1050. The summed E-state index contributed by atoms with van der Waals surface area (Å²) < 4.78 is 5.29. The Morgan fingerprint density at radius 3 is 2.60 bits per heavy atom. The summed E-state index contributed by atoms with van der Waals surface area (Å²) in [5.74, 6) is 0.456. The van der Waals surface area contributed by atoms with Crippen LogP contribution in [-0.4, -0.2) is 52.7 Å². The molecule has 2 saturated heterocycles. The minimum absolute atomic E-state index is 0.00734. The first-order chi connectivity index (χ1) is 16.9. The van der Waals surface area contributed by atoms with Gasteiger partial charge in [0.15, 0.2) is 0 Å². The Kier molecular flexibility index (Phi) is 7.53. The van der Waals surface area contributed by atoms with Crippen LogP contribution in [0.25, 0.3) is 0 Å². The van der Waals surface area contributed by atoms with E-state index in [4.69, 9.17) is 4.74 Å². The summed E-state index contributed by atoms with van der Waals surface area (Å²) in [6.45, 7) is 5.15. The molecule has 0 aliphatic carbocycles. The van der Waals surface area contributed by atoms with E-state index in [0.29, 0.717) is 30.3 Å². The molecule has 7 nitrogen and oxygen atoms in total. The fraction of sp³-hybridized carbons (Fsp3) is 0.500. The zero-order chi connectivity index (χ0) is 25.0. The second kappa shape index (κ2) is 10.6. The second-order valence-corrected chi connectivity index (χ2v) is 10.1. The third-order valence-corrected chi connectivity index (χ3v) is 7.33. The molecule has 2 aliphatic rings. The van der Waals surface area contributed by atoms with E-state index in [-0.39, 0.29) is 36.6 Å². The van der Waals surface area contributed by atoms with Crippen LogP contribution in [0.4, 0.5) is 0 Å². The number of rotatable bonds is 8. The van der Waals surface area contributed by atoms with Crippen LogP contribution in [0.5, 0.6) is 5.75 Å². The van der Waals surface area contributed by atoms with Crippen molar-refractivity contribution >= 4 is 17.7 Å². The van der Waals surface area contributed by atoms with Gasteiger partial charge in [-0.2, -0.15) is 0 Å². The number of carbonyl (C=O) groups is 3. The summed E-state index contributed by atoms with van der Waals surface area (Å²) in [6.07, 6.45) is 7.07. The lowest BCUT2D eigenvalue weighted by Gasteiger charge is -2.38. The summed E-state index contributed by atoms with van der Waals surface area (Å²) >= 11 is 0. The number of piperidine rings is 1. The maximum Gasteiger partial charge on any atom is 0.240 e. The molecule has 0 N–H and O–H groups in total. The van der Waals surface area contributed by atoms with Crippen LogP contribution in [0, 0.1) is 5.92 Å². The number of amides is 3. The number of hydrogen-bond donors (Lipinski definition) is 0. The molecule has 1 aromatic carbocycles. The largest absolute Gasteiger partial charge is 0.497 e. The SMILES string of the molecule is COc1ccc([C@@]2(CC(=O)N3CCCC[C@@H]3c3cccnc3)CC(=O)N(CCC(C)C)C2=O)cc1. The third-order valence-electron chi connectivity index (χ3n) is 7.33. The Morgan fingerprint density at radius 1 is 1.17 bits per heavy atom. The molecule has 0 bridgehead atoms. The number of aromatic nitrogens is 1. The van der Waals surface area contributed by atoms with Crippen molar-refractivity contribution in [2.24, 2.45) is 5.92 Å². The fourth-order valence-electron chi connectivity index (χ4n) is 5.30. The summed E-state index contributed by atoms with van der Waals surface area (Å²) in [5, 5.41) is 0. The number of likely N-dealkylation sites (tertiary alicyclic amines) is 2. The van der Waals surface area contributed by atoms with E-state index in [1.165, 1.54) is 4.90 Å². The number of carbonyl (C=O) groups excluding carboxylic acids is 3. The van der Waals surface area contributed by atoms with Crippen molar-refractivity contribution in [1.82, 2.24) is 14.8 Å². The average molecular weight is 478 g/mol. The van der Waals surface area contributed by atoms with Crippen molar-refractivity contribution in [2.45, 2.75) is 63.8 Å². The van der Waals surface area contributed by atoms with Gasteiger partial charge in [-0.25, -0.2) is 0 Å². The molecule has 35 heavy (non-hydrogen) atoms. The lowest BCUT2D eigenvalue weighted by Crippen LogP contribution is -2.45. The highest BCUT2D eigenvalue weighted by atomic mass is 16.5. The standard InChI is InChI=1S/C28H35N3O4/c1-20(2)13-16-31-26(33)18-28(27(31)34,22-9-11-23(35-3)12-10-22)17-25(32)30-15-5-4-8-24(30)21-7-6-14-29-19-21/h6-7,9-12,14,19-20,24H,4-5,8,13,15-18H2,1-3H3/t24-,28-/m1/s1. The highest BCUT2D eigenvalue weighted by molar-refractivity contribution is 6.10. The minimum atomic E-state index is -1.20. The van der Waals surface area contributed by atoms with Gasteiger partial charge in [0, 0.05) is 38.3 Å². The van der Waals surface area contributed by atoms with Gasteiger partial charge in [0.2, 0.25) is 17.7 Å². The Labute approximate surface area is 207 Å². The zero-order valence-corrected chi connectivity index (χ0v) is 20.9. The van der Waals surface area contributed by atoms with E-state index in [1.54, 1.807) is 25.4 Å². The normalized spacial score (nSPS) is 22.7. The molecule has 7 heteroatoms. The third kappa shape index (κ3) is 5.09. The van der Waals surface area contributed by atoms with Crippen molar-refractivity contribution in [3.8, 4) is 5.75 Å². The van der Waals surface area contributed by atoms with Crippen LogP contribution in [-0.2, 0) is 19.8 Å². The number of pyridine rings is 1. The molecule has 186 valence electrons. The minimum Gasteiger partial charge on any atom is -0.497 e. The van der Waals surface area contributed by atoms with Crippen LogP contribution in [0.2, 0.25) is 0 Å². The predicted octanol–water partition coefficient (Wildman–Crippen LogP) is 4.28. The van der Waals surface area contributed by atoms with E-state index in [2.05, 4.69) is 18.8 Å². The Morgan fingerprint density at radius 2 is 1.94 bits per heavy atom. The van der Waals surface area contributed by atoms with Crippen LogP contribution < -0.4 is 4.74 Å². The molecular weight excluding hydrogens is 442 g/mol. The Hall–Kier alpha value is -3.22. The first kappa shape index (κ1) is 24.9. The number of imide groups is 1. The highest BCUT2D eigenvalue weighted by Gasteiger charge is 2.54. The van der Waals surface area contributed by atoms with Crippen LogP contribution in [0.15, 0.2) is 48.8 Å². The van der Waals surface area contributed by atoms with Crippen LogP contribution >= 0.6 is 0 Å². The second-order valence-electron chi connectivity index (χ2n) is 10.1. The van der Waals surface area contributed by atoms with Crippen molar-refractivity contribution in [2.75, 3.05) is 20.2 Å². The molecule has 2 atom stereocenters. The maximum absolute atomic E-state index is 13.9. The average Bonchev–Trinajstić information content (AvgIpc) is 3.12. The lowest BCUT2D eigenvalue weighted by atomic mass is 9.75. The molecule has 2 aliphatic heterocycles. The van der Waals surface area contributed by atoms with Crippen molar-refractivity contribution in [3.63, 3.8) is 0 Å². The van der Waals surface area contributed by atoms with Gasteiger partial charge in [0.25, 0.3) is 0 Å². The summed E-state index contributed by atoms with van der Waals surface area (Å²) in [4.78, 5) is 48.3. The van der Waals surface area contributed by atoms with Gasteiger partial charge in [0.1, 0.15) is 5.75 Å². The lowest BCUT2D eigenvalue weighted by molar-refractivity contribution is -0.144. The summed E-state index contributed by atoms with van der Waals surface area (Å²) in [6, 6.07) is 11.0. The summed E-state index contributed by atoms with van der Waals surface area (Å²) in [7, 11) is 1.58. The first-order valence-corrected chi connectivity index (χ1v) is 12.5. The molecule has 0 unspecified atom stereocenters. The van der Waals surface area contributed by atoms with Gasteiger partial charge in [-0.05, 0) is 60.9 Å². The molecule has 0 spiro atoms. The molecule has 3 amide bonds. The quantitative estimate of drug-likeness (QED) is 0.531. The van der Waals surface area contributed by atoms with E-state index >= 15 is 0 Å². The van der Waals surface area contributed by atoms with Gasteiger partial charge < -0.3 is 9.64 Å². The van der Waals surface area contributed by atoms with Crippen LogP contribution in [0.1, 0.15) is 69.5 Å². The molecule has 2 aromatic rings. The molecule has 3 heterocycles. The molecule has 0 saturated carbocycles. The van der Waals surface area contributed by atoms with Crippen molar-refractivity contribution in [3.05, 3.63) is 59.9 Å². The number of ether oxygens (including phenoxy) is 1. The highest BCUT2D eigenvalue weighted by Crippen LogP contribution is 2.42. The zero-order valence-electron chi connectivity index (χ0n) is 20.9. The summed E-state index contributed by atoms with van der Waals surface area (Å²) in [5.41, 5.74) is 0.493. The van der Waals surface area contributed by atoms with Gasteiger partial charge in [-0.15, -0.1) is 0 Å². The molecule has 2 fully saturated rings. The van der Waals surface area contributed by atoms with E-state index in [1.807, 2.05) is 35.4 Å². The number of nitrogens with zero attached hydrogens (tertiary/aromatic N) is 3. The fourth-order valence-corrected chi connectivity index (χ4v) is 5.30. The number of benzene rings is 1. The van der Waals surface area contributed by atoms with E-state index < -0.39 is 5.41 Å². The van der Waals surface area contributed by atoms with E-state index in [9.17, 15) is 14.4 Å². The van der Waals surface area contributed by atoms with Gasteiger partial charge in [-0.1, -0.05) is 32.0 Å². The smallest absolute Gasteiger partial charge is 0.240 e. The van der Waals surface area contributed by atoms with Crippen molar-refractivity contribution < 1.29 is 19.1 Å².